The predicted octanol–water partition coefficient (Wildman–Crippen LogP) is 4.83. The Labute approximate surface area is 101 Å². The minimum absolute atomic E-state index is 0.626. The number of benzene rings is 1. The third-order valence-corrected chi connectivity index (χ3v) is 3.02. The molecule has 0 heterocycles. The Morgan fingerprint density at radius 3 is 2.07 bits per heavy atom. The van der Waals surface area contributed by atoms with E-state index in [0.29, 0.717) is 6.04 Å². The number of hydrogen-bond acceptors (Lipinski definition) is 1. The Hall–Kier alpha value is -0.500. The van der Waals surface area contributed by atoms with Gasteiger partial charge in [0.2, 0.25) is 0 Å². The van der Waals surface area contributed by atoms with Crippen LogP contribution in [-0.4, -0.2) is 6.04 Å². The van der Waals surface area contributed by atoms with Gasteiger partial charge in [0.05, 0.1) is 0 Å². The van der Waals surface area contributed by atoms with Crippen molar-refractivity contribution in [3.8, 4) is 0 Å². The van der Waals surface area contributed by atoms with Crippen molar-refractivity contribution >= 4 is 21.6 Å². The first-order valence-electron chi connectivity index (χ1n) is 5.78. The summed E-state index contributed by atoms with van der Waals surface area (Å²) in [6.45, 7) is 4.48. The summed E-state index contributed by atoms with van der Waals surface area (Å²) in [5, 5.41) is 3.59. The van der Waals surface area contributed by atoms with Gasteiger partial charge in [-0.15, -0.1) is 0 Å². The molecule has 1 nitrogen and oxygen atoms in total. The van der Waals surface area contributed by atoms with Crippen LogP contribution in [0.2, 0.25) is 0 Å². The molecule has 0 aliphatic carbocycles. The molecule has 0 saturated heterocycles. The lowest BCUT2D eigenvalue weighted by atomic mass is 10.1. The van der Waals surface area contributed by atoms with E-state index in [1.807, 2.05) is 0 Å². The average molecular weight is 270 g/mol. The first-order valence-corrected chi connectivity index (χ1v) is 6.57. The van der Waals surface area contributed by atoms with Gasteiger partial charge in [0.25, 0.3) is 0 Å². The normalized spacial score (nSPS) is 10.7. The quantitative estimate of drug-likeness (QED) is 0.780. The zero-order valence-electron chi connectivity index (χ0n) is 9.59. The van der Waals surface area contributed by atoms with Gasteiger partial charge >= 0.3 is 0 Å². The molecule has 0 bridgehead atoms. The largest absolute Gasteiger partial charge is 0.382 e. The SMILES string of the molecule is CCCC(CCC)Nc1ccc(Br)cc1. The van der Waals surface area contributed by atoms with E-state index in [2.05, 4.69) is 59.4 Å². The van der Waals surface area contributed by atoms with Gasteiger partial charge in [-0.2, -0.15) is 0 Å². The van der Waals surface area contributed by atoms with Crippen LogP contribution in [0, 0.1) is 0 Å². The molecule has 0 atom stereocenters. The van der Waals surface area contributed by atoms with Gasteiger partial charge in [0, 0.05) is 16.2 Å². The first kappa shape index (κ1) is 12.6. The van der Waals surface area contributed by atoms with Crippen molar-refractivity contribution < 1.29 is 0 Å². The fourth-order valence-corrected chi connectivity index (χ4v) is 2.03. The summed E-state index contributed by atoms with van der Waals surface area (Å²) in [5.41, 5.74) is 1.23. The van der Waals surface area contributed by atoms with E-state index in [4.69, 9.17) is 0 Å². The number of halogens is 1. The standard InChI is InChI=1S/C13H20BrN/c1-3-5-12(6-4-2)15-13-9-7-11(14)8-10-13/h7-10,12,15H,3-6H2,1-2H3. The molecule has 0 unspecified atom stereocenters. The van der Waals surface area contributed by atoms with Gasteiger partial charge in [-0.1, -0.05) is 42.6 Å². The van der Waals surface area contributed by atoms with Crippen LogP contribution in [0.5, 0.6) is 0 Å². The molecule has 0 saturated carbocycles. The first-order chi connectivity index (χ1) is 7.26. The zero-order chi connectivity index (χ0) is 11.1. The Kier molecular flexibility index (Phi) is 5.77. The van der Waals surface area contributed by atoms with Gasteiger partial charge in [0.1, 0.15) is 0 Å². The van der Waals surface area contributed by atoms with Crippen molar-refractivity contribution in [2.45, 2.75) is 45.6 Å². The van der Waals surface area contributed by atoms with Gasteiger partial charge in [-0.3, -0.25) is 0 Å². The molecule has 0 aliphatic rings. The Morgan fingerprint density at radius 1 is 1.07 bits per heavy atom. The number of anilines is 1. The Bertz CT molecular complexity index is 262. The van der Waals surface area contributed by atoms with Gasteiger partial charge < -0.3 is 5.32 Å². The molecule has 0 spiro atoms. The molecule has 15 heavy (non-hydrogen) atoms. The average Bonchev–Trinajstić information content (AvgIpc) is 2.22. The molecule has 0 aromatic heterocycles. The van der Waals surface area contributed by atoms with Gasteiger partial charge in [-0.25, -0.2) is 0 Å². The molecule has 1 rings (SSSR count). The van der Waals surface area contributed by atoms with E-state index in [-0.39, 0.29) is 0 Å². The van der Waals surface area contributed by atoms with Crippen molar-refractivity contribution in [2.75, 3.05) is 5.32 Å². The van der Waals surface area contributed by atoms with E-state index < -0.39 is 0 Å². The van der Waals surface area contributed by atoms with E-state index in [9.17, 15) is 0 Å². The molecule has 0 fully saturated rings. The van der Waals surface area contributed by atoms with Crippen LogP contribution < -0.4 is 5.32 Å². The van der Waals surface area contributed by atoms with Crippen LogP contribution in [0.4, 0.5) is 5.69 Å². The van der Waals surface area contributed by atoms with E-state index >= 15 is 0 Å². The van der Waals surface area contributed by atoms with E-state index in [1.165, 1.54) is 31.4 Å². The van der Waals surface area contributed by atoms with Crippen molar-refractivity contribution in [3.63, 3.8) is 0 Å². The highest BCUT2D eigenvalue weighted by atomic mass is 79.9. The van der Waals surface area contributed by atoms with Crippen LogP contribution in [0.3, 0.4) is 0 Å². The molecule has 1 aromatic carbocycles. The molecule has 0 aliphatic heterocycles. The summed E-state index contributed by atoms with van der Waals surface area (Å²) in [5.74, 6) is 0. The zero-order valence-corrected chi connectivity index (χ0v) is 11.2. The summed E-state index contributed by atoms with van der Waals surface area (Å²) < 4.78 is 1.13. The van der Waals surface area contributed by atoms with Crippen molar-refractivity contribution in [1.82, 2.24) is 0 Å². The second-order valence-corrected chi connectivity index (χ2v) is 4.84. The molecular formula is C13H20BrN. The van der Waals surface area contributed by atoms with Crippen molar-refractivity contribution in [1.29, 1.82) is 0 Å². The number of rotatable bonds is 6. The predicted molar refractivity (Wildman–Crippen MR) is 71.4 cm³/mol. The van der Waals surface area contributed by atoms with Crippen molar-refractivity contribution in [3.05, 3.63) is 28.7 Å². The highest BCUT2D eigenvalue weighted by molar-refractivity contribution is 9.10. The van der Waals surface area contributed by atoms with Crippen LogP contribution in [0.1, 0.15) is 39.5 Å². The van der Waals surface area contributed by atoms with E-state index in [0.717, 1.165) is 4.47 Å². The van der Waals surface area contributed by atoms with Gasteiger partial charge in [0.15, 0.2) is 0 Å². The van der Waals surface area contributed by atoms with Crippen LogP contribution in [-0.2, 0) is 0 Å². The third kappa shape index (κ3) is 4.70. The fraction of sp³-hybridized carbons (Fsp3) is 0.538. The molecular weight excluding hydrogens is 250 g/mol. The maximum absolute atomic E-state index is 3.59. The summed E-state index contributed by atoms with van der Waals surface area (Å²) in [6, 6.07) is 9.04. The summed E-state index contributed by atoms with van der Waals surface area (Å²) in [4.78, 5) is 0. The highest BCUT2D eigenvalue weighted by Crippen LogP contribution is 2.17. The maximum Gasteiger partial charge on any atom is 0.0343 e. The lowest BCUT2D eigenvalue weighted by Crippen LogP contribution is -2.18. The summed E-state index contributed by atoms with van der Waals surface area (Å²) >= 11 is 3.45. The van der Waals surface area contributed by atoms with Crippen LogP contribution >= 0.6 is 15.9 Å². The lowest BCUT2D eigenvalue weighted by molar-refractivity contribution is 0.586. The molecule has 1 N–H and O–H groups in total. The maximum atomic E-state index is 3.59. The molecule has 0 radical (unpaired) electrons. The summed E-state index contributed by atoms with van der Waals surface area (Å²) in [7, 11) is 0. The Balaban J connectivity index is 2.53. The second-order valence-electron chi connectivity index (χ2n) is 3.93. The number of nitrogens with one attached hydrogen (secondary N) is 1. The third-order valence-electron chi connectivity index (χ3n) is 2.49. The molecule has 0 amide bonds. The van der Waals surface area contributed by atoms with Crippen LogP contribution in [0.25, 0.3) is 0 Å². The Morgan fingerprint density at radius 2 is 1.60 bits per heavy atom. The minimum Gasteiger partial charge on any atom is -0.382 e. The topological polar surface area (TPSA) is 12.0 Å². The number of hydrogen-bond donors (Lipinski definition) is 1. The molecule has 2 heteroatoms. The molecule has 84 valence electrons. The smallest absolute Gasteiger partial charge is 0.0343 e. The lowest BCUT2D eigenvalue weighted by Gasteiger charge is -2.18. The second kappa shape index (κ2) is 6.89. The fourth-order valence-electron chi connectivity index (χ4n) is 1.77. The highest BCUT2D eigenvalue weighted by Gasteiger charge is 2.05. The monoisotopic (exact) mass is 269 g/mol. The van der Waals surface area contributed by atoms with Crippen molar-refractivity contribution in [2.24, 2.45) is 0 Å². The molecule has 1 aromatic rings. The van der Waals surface area contributed by atoms with E-state index in [1.54, 1.807) is 0 Å². The minimum atomic E-state index is 0.626. The van der Waals surface area contributed by atoms with Crippen LogP contribution in [0.15, 0.2) is 28.7 Å². The summed E-state index contributed by atoms with van der Waals surface area (Å²) in [6.07, 6.45) is 5.00. The van der Waals surface area contributed by atoms with Gasteiger partial charge in [-0.05, 0) is 37.1 Å².